The van der Waals surface area contributed by atoms with Gasteiger partial charge in [-0.1, -0.05) is 47.5 Å². The Labute approximate surface area is 161 Å². The standard InChI is InChI=1S/C20H18ClN5O/c1-12-7-9-14(10-8-12)25-19(27)17-13(2)24-20-22-11-23-26(20)18(17)15-5-3-4-6-16(15)21/h3-11,18H,1-2H3,(H,25,27)(H,22,23,24). The summed E-state index contributed by atoms with van der Waals surface area (Å²) in [5.74, 6) is 0.360. The summed E-state index contributed by atoms with van der Waals surface area (Å²) in [7, 11) is 0. The molecule has 0 saturated heterocycles. The maximum Gasteiger partial charge on any atom is 0.255 e. The zero-order valence-corrected chi connectivity index (χ0v) is 15.7. The first-order chi connectivity index (χ1) is 13.0. The molecule has 27 heavy (non-hydrogen) atoms. The van der Waals surface area contributed by atoms with Gasteiger partial charge in [0.1, 0.15) is 12.4 Å². The van der Waals surface area contributed by atoms with Crippen LogP contribution in [0.3, 0.4) is 0 Å². The van der Waals surface area contributed by atoms with Crippen molar-refractivity contribution in [2.75, 3.05) is 10.6 Å². The third kappa shape index (κ3) is 3.19. The fourth-order valence-corrected chi connectivity index (χ4v) is 3.44. The molecule has 2 aromatic carbocycles. The number of fused-ring (bicyclic) bond motifs is 1. The van der Waals surface area contributed by atoms with Gasteiger partial charge < -0.3 is 10.6 Å². The molecular formula is C20H18ClN5O. The van der Waals surface area contributed by atoms with E-state index in [0.717, 1.165) is 16.8 Å². The lowest BCUT2D eigenvalue weighted by Gasteiger charge is -2.29. The molecular weight excluding hydrogens is 362 g/mol. The Morgan fingerprint density at radius 3 is 2.63 bits per heavy atom. The highest BCUT2D eigenvalue weighted by molar-refractivity contribution is 6.31. The molecule has 6 nitrogen and oxygen atoms in total. The van der Waals surface area contributed by atoms with Crippen LogP contribution in [0.2, 0.25) is 5.02 Å². The van der Waals surface area contributed by atoms with Gasteiger partial charge in [0.05, 0.1) is 5.57 Å². The van der Waals surface area contributed by atoms with Crippen molar-refractivity contribution in [3.8, 4) is 0 Å². The number of aromatic nitrogens is 3. The van der Waals surface area contributed by atoms with Gasteiger partial charge in [0.15, 0.2) is 0 Å². The topological polar surface area (TPSA) is 71.8 Å². The zero-order valence-electron chi connectivity index (χ0n) is 14.9. The number of amides is 1. The van der Waals surface area contributed by atoms with Gasteiger partial charge in [-0.05, 0) is 32.0 Å². The highest BCUT2D eigenvalue weighted by Gasteiger charge is 2.34. The van der Waals surface area contributed by atoms with Crippen molar-refractivity contribution in [1.82, 2.24) is 14.8 Å². The van der Waals surface area contributed by atoms with Crippen LogP contribution < -0.4 is 10.6 Å². The van der Waals surface area contributed by atoms with E-state index in [1.807, 2.05) is 56.3 Å². The Morgan fingerprint density at radius 2 is 1.89 bits per heavy atom. The number of rotatable bonds is 3. The number of carbonyl (C=O) groups is 1. The van der Waals surface area contributed by atoms with Gasteiger partial charge in [-0.3, -0.25) is 4.79 Å². The first-order valence-electron chi connectivity index (χ1n) is 8.54. The van der Waals surface area contributed by atoms with E-state index in [-0.39, 0.29) is 5.91 Å². The minimum absolute atomic E-state index is 0.213. The average Bonchev–Trinajstić information content (AvgIpc) is 3.11. The van der Waals surface area contributed by atoms with Crippen molar-refractivity contribution in [1.29, 1.82) is 0 Å². The molecule has 2 heterocycles. The summed E-state index contributed by atoms with van der Waals surface area (Å²) >= 11 is 6.45. The van der Waals surface area contributed by atoms with Crippen LogP contribution in [0, 0.1) is 6.92 Å². The second-order valence-electron chi connectivity index (χ2n) is 6.44. The Balaban J connectivity index is 1.77. The summed E-state index contributed by atoms with van der Waals surface area (Å²) in [4.78, 5) is 17.4. The van der Waals surface area contributed by atoms with E-state index in [9.17, 15) is 4.79 Å². The second-order valence-corrected chi connectivity index (χ2v) is 6.84. The first kappa shape index (κ1) is 17.3. The molecule has 0 radical (unpaired) electrons. The number of hydrogen-bond acceptors (Lipinski definition) is 4. The van der Waals surface area contributed by atoms with Gasteiger partial charge in [-0.2, -0.15) is 10.1 Å². The molecule has 1 unspecified atom stereocenters. The molecule has 1 aromatic heterocycles. The van der Waals surface area contributed by atoms with Crippen molar-refractivity contribution >= 4 is 29.1 Å². The number of allylic oxidation sites excluding steroid dienone is 1. The number of nitrogens with zero attached hydrogens (tertiary/aromatic N) is 3. The Kier molecular flexibility index (Phi) is 4.41. The smallest absolute Gasteiger partial charge is 0.255 e. The Morgan fingerprint density at radius 1 is 1.15 bits per heavy atom. The normalized spacial score (nSPS) is 15.9. The number of carbonyl (C=O) groups excluding carboxylic acids is 1. The first-order valence-corrected chi connectivity index (χ1v) is 8.92. The fraction of sp³-hybridized carbons (Fsp3) is 0.150. The number of anilines is 2. The molecule has 0 bridgehead atoms. The number of halogens is 1. The van der Waals surface area contributed by atoms with Crippen molar-refractivity contribution in [2.24, 2.45) is 0 Å². The molecule has 7 heteroatoms. The average molecular weight is 380 g/mol. The van der Waals surface area contributed by atoms with E-state index < -0.39 is 6.04 Å². The van der Waals surface area contributed by atoms with E-state index in [1.54, 1.807) is 10.7 Å². The Hall–Kier alpha value is -3.12. The predicted octanol–water partition coefficient (Wildman–Crippen LogP) is 4.17. The SMILES string of the molecule is CC1=C(C(=O)Nc2ccc(C)cc2)C(c2ccccc2Cl)n2ncnc2N1. The third-order valence-corrected chi connectivity index (χ3v) is 4.89. The molecule has 0 spiro atoms. The van der Waals surface area contributed by atoms with Crippen LogP contribution in [0.15, 0.2) is 66.1 Å². The third-order valence-electron chi connectivity index (χ3n) is 4.55. The van der Waals surface area contributed by atoms with Gasteiger partial charge in [0.25, 0.3) is 5.91 Å². The summed E-state index contributed by atoms with van der Waals surface area (Å²) in [6.45, 7) is 3.86. The molecule has 3 aromatic rings. The molecule has 1 aliphatic heterocycles. The molecule has 1 aliphatic rings. The Bertz CT molecular complexity index is 1040. The van der Waals surface area contributed by atoms with Crippen LogP contribution >= 0.6 is 11.6 Å². The largest absolute Gasteiger partial charge is 0.328 e. The highest BCUT2D eigenvalue weighted by atomic mass is 35.5. The van der Waals surface area contributed by atoms with Crippen LogP contribution in [-0.4, -0.2) is 20.7 Å². The number of aryl methyl sites for hydroxylation is 1. The lowest BCUT2D eigenvalue weighted by Crippen LogP contribution is -2.31. The van der Waals surface area contributed by atoms with Gasteiger partial charge in [0.2, 0.25) is 5.95 Å². The fourth-order valence-electron chi connectivity index (χ4n) is 3.20. The second kappa shape index (κ2) is 6.89. The highest BCUT2D eigenvalue weighted by Crippen LogP contribution is 2.37. The summed E-state index contributed by atoms with van der Waals surface area (Å²) in [5, 5.41) is 11.0. The van der Waals surface area contributed by atoms with Crippen molar-refractivity contribution in [3.05, 3.63) is 82.3 Å². The van der Waals surface area contributed by atoms with Crippen LogP contribution in [0.5, 0.6) is 0 Å². The lowest BCUT2D eigenvalue weighted by molar-refractivity contribution is -0.113. The monoisotopic (exact) mass is 379 g/mol. The molecule has 0 aliphatic carbocycles. The van der Waals surface area contributed by atoms with E-state index in [0.29, 0.717) is 22.2 Å². The molecule has 1 amide bonds. The van der Waals surface area contributed by atoms with E-state index in [2.05, 4.69) is 20.7 Å². The minimum atomic E-state index is -0.470. The van der Waals surface area contributed by atoms with Crippen molar-refractivity contribution < 1.29 is 4.79 Å². The van der Waals surface area contributed by atoms with Gasteiger partial charge in [-0.25, -0.2) is 4.68 Å². The molecule has 0 saturated carbocycles. The summed E-state index contributed by atoms with van der Waals surface area (Å²) in [6.07, 6.45) is 1.46. The van der Waals surface area contributed by atoms with E-state index >= 15 is 0 Å². The van der Waals surface area contributed by atoms with Crippen LogP contribution in [0.1, 0.15) is 24.1 Å². The van der Waals surface area contributed by atoms with Crippen LogP contribution in [0.4, 0.5) is 11.6 Å². The van der Waals surface area contributed by atoms with E-state index in [1.165, 1.54) is 6.33 Å². The minimum Gasteiger partial charge on any atom is -0.328 e. The van der Waals surface area contributed by atoms with Gasteiger partial charge in [0, 0.05) is 22.0 Å². The van der Waals surface area contributed by atoms with Crippen LogP contribution in [-0.2, 0) is 4.79 Å². The molecule has 136 valence electrons. The van der Waals surface area contributed by atoms with Crippen LogP contribution in [0.25, 0.3) is 0 Å². The predicted molar refractivity (Wildman–Crippen MR) is 106 cm³/mol. The molecule has 1 atom stereocenters. The van der Waals surface area contributed by atoms with Crippen molar-refractivity contribution in [2.45, 2.75) is 19.9 Å². The summed E-state index contributed by atoms with van der Waals surface area (Å²) in [6, 6.07) is 14.7. The van der Waals surface area contributed by atoms with Crippen molar-refractivity contribution in [3.63, 3.8) is 0 Å². The maximum atomic E-state index is 13.2. The summed E-state index contributed by atoms with van der Waals surface area (Å²) in [5.41, 5.74) is 3.91. The number of nitrogens with one attached hydrogen (secondary N) is 2. The molecule has 0 fully saturated rings. The van der Waals surface area contributed by atoms with Gasteiger partial charge >= 0.3 is 0 Å². The summed E-state index contributed by atoms with van der Waals surface area (Å²) < 4.78 is 1.68. The zero-order chi connectivity index (χ0) is 19.0. The lowest BCUT2D eigenvalue weighted by atomic mass is 9.95. The quantitative estimate of drug-likeness (QED) is 0.716. The molecule has 4 rings (SSSR count). The number of hydrogen-bond donors (Lipinski definition) is 2. The van der Waals surface area contributed by atoms with E-state index in [4.69, 9.17) is 11.6 Å². The maximum absolute atomic E-state index is 13.2. The molecule has 2 N–H and O–H groups in total. The number of benzene rings is 2. The van der Waals surface area contributed by atoms with Gasteiger partial charge in [-0.15, -0.1) is 0 Å².